The Bertz CT molecular complexity index is 1710. The van der Waals surface area contributed by atoms with Crippen LogP contribution in [0.4, 0.5) is 11.4 Å². The quantitative estimate of drug-likeness (QED) is 0.0412. The van der Waals surface area contributed by atoms with Crippen molar-refractivity contribution in [2.24, 2.45) is 0 Å². The van der Waals surface area contributed by atoms with Crippen molar-refractivity contribution in [3.63, 3.8) is 0 Å². The topological polar surface area (TPSA) is 80.1 Å². The summed E-state index contributed by atoms with van der Waals surface area (Å²) in [4.78, 5) is 2.38. The van der Waals surface area contributed by atoms with Crippen LogP contribution in [0.25, 0.3) is 0 Å². The molecule has 0 radical (unpaired) electrons. The maximum absolute atomic E-state index is 6.00. The second kappa shape index (κ2) is 25.3. The van der Waals surface area contributed by atoms with Crippen molar-refractivity contribution in [1.82, 2.24) is 0 Å². The van der Waals surface area contributed by atoms with Gasteiger partial charge in [-0.3, -0.25) is 0 Å². The molecule has 0 saturated heterocycles. The minimum atomic E-state index is -0.156. The van der Waals surface area contributed by atoms with Crippen LogP contribution in [-0.2, 0) is 48.7 Å². The van der Waals surface area contributed by atoms with Gasteiger partial charge in [0.2, 0.25) is 5.69 Å². The second-order valence-corrected chi connectivity index (χ2v) is 14.5. The number of rotatable bonds is 29. The van der Waals surface area contributed by atoms with Gasteiger partial charge in [0.1, 0.15) is 19.8 Å². The Balaban J connectivity index is 1.29. The molecule has 0 N–H and O–H groups in total. The van der Waals surface area contributed by atoms with E-state index < -0.39 is 0 Å². The summed E-state index contributed by atoms with van der Waals surface area (Å²) in [5.41, 5.74) is 7.22. The van der Waals surface area contributed by atoms with Crippen molar-refractivity contribution < 1.29 is 42.5 Å². The molecule has 0 amide bonds. The van der Waals surface area contributed by atoms with E-state index in [1.54, 1.807) is 0 Å². The molecule has 2 aliphatic rings. The number of terminal acetylenes is 2. The van der Waals surface area contributed by atoms with Gasteiger partial charge in [-0.1, -0.05) is 80.3 Å². The fourth-order valence-corrected chi connectivity index (χ4v) is 7.01. The highest BCUT2D eigenvalue weighted by atomic mass is 16.6. The minimum absolute atomic E-state index is 0.156. The number of allylic oxidation sites excluding steroid dienone is 6. The third-order valence-electron chi connectivity index (χ3n) is 9.85. The maximum atomic E-state index is 6.00. The predicted molar refractivity (Wildman–Crippen MR) is 227 cm³/mol. The fourth-order valence-electron chi connectivity index (χ4n) is 7.01. The van der Waals surface area contributed by atoms with Crippen LogP contribution in [0, 0.1) is 24.7 Å². The number of nitrogens with zero attached hydrogens (tertiary/aromatic N) is 2. The highest BCUT2D eigenvalue weighted by Crippen LogP contribution is 2.47. The lowest BCUT2D eigenvalue weighted by atomic mass is 9.81. The first-order chi connectivity index (χ1) is 27.8. The summed E-state index contributed by atoms with van der Waals surface area (Å²) < 4.78 is 47.1. The van der Waals surface area contributed by atoms with Crippen LogP contribution in [0.3, 0.4) is 0 Å². The number of para-hydroxylation sites is 2. The Kier molecular flexibility index (Phi) is 20.3. The highest BCUT2D eigenvalue weighted by Gasteiger charge is 2.44. The first kappa shape index (κ1) is 45.6. The van der Waals surface area contributed by atoms with Crippen molar-refractivity contribution in [3.05, 3.63) is 95.7 Å². The van der Waals surface area contributed by atoms with E-state index in [-0.39, 0.29) is 10.8 Å². The Morgan fingerprint density at radius 3 is 1.63 bits per heavy atom. The molecule has 2 heterocycles. The van der Waals surface area contributed by atoms with Crippen molar-refractivity contribution in [1.29, 1.82) is 0 Å². The highest BCUT2D eigenvalue weighted by molar-refractivity contribution is 6.03. The maximum Gasteiger partial charge on any atom is 0.209 e. The van der Waals surface area contributed by atoms with Gasteiger partial charge in [-0.25, -0.2) is 0 Å². The lowest BCUT2D eigenvalue weighted by molar-refractivity contribution is -0.442. The summed E-state index contributed by atoms with van der Waals surface area (Å²) in [5.74, 6) is 4.87. The number of hydrogen-bond acceptors (Lipinski definition) is 9. The molecule has 0 atom stereocenters. The standard InChI is InChI=1S/C47H63N2O8/c1-7-24-50-28-32-54-36-38-56-34-30-52-26-22-48-42-18-14-12-16-40(42)46(3,4)44(48)20-10-9-11-21-45-47(5,6)41-17-13-15-19-43(41)49(45)23-27-53-31-35-57-39-37-55-33-29-51-25-8-2/h1-2,9-21H,22-39H2,3-6H3/q+1. The van der Waals surface area contributed by atoms with Gasteiger partial charge in [-0.05, 0) is 31.6 Å². The lowest BCUT2D eigenvalue weighted by Crippen LogP contribution is -2.29. The van der Waals surface area contributed by atoms with Gasteiger partial charge in [0.05, 0.1) is 91.3 Å². The molecular weight excluding hydrogens is 721 g/mol. The van der Waals surface area contributed by atoms with Crippen LogP contribution < -0.4 is 4.90 Å². The molecule has 4 rings (SSSR count). The third kappa shape index (κ3) is 14.1. The van der Waals surface area contributed by atoms with E-state index in [4.69, 9.17) is 50.7 Å². The predicted octanol–water partition coefficient (Wildman–Crippen LogP) is 6.26. The average Bonchev–Trinajstić information content (AvgIpc) is 3.56. The molecule has 308 valence electrons. The first-order valence-corrected chi connectivity index (χ1v) is 20.0. The van der Waals surface area contributed by atoms with Gasteiger partial charge in [0.25, 0.3) is 0 Å². The van der Waals surface area contributed by atoms with E-state index in [1.807, 2.05) is 0 Å². The molecule has 0 spiro atoms. The molecule has 0 bridgehead atoms. The SMILES string of the molecule is C#CCOCCOCCOCCOCCN1/C(=C/C=C/C=C/C2=[N+](CCOCCOCCOCCOCC#C)c3ccccc3C2(C)C)C(C)(C)c2ccccc21. The Labute approximate surface area is 341 Å². The van der Waals surface area contributed by atoms with E-state index in [9.17, 15) is 0 Å². The molecule has 10 nitrogen and oxygen atoms in total. The van der Waals surface area contributed by atoms with Crippen LogP contribution >= 0.6 is 0 Å². The Morgan fingerprint density at radius 1 is 0.561 bits per heavy atom. The van der Waals surface area contributed by atoms with Crippen molar-refractivity contribution >= 4 is 17.1 Å². The largest absolute Gasteiger partial charge is 0.377 e. The number of benzene rings is 2. The zero-order valence-corrected chi connectivity index (χ0v) is 34.5. The fraction of sp³-hybridized carbons (Fsp3) is 0.511. The number of hydrogen-bond donors (Lipinski definition) is 0. The molecule has 0 fully saturated rings. The van der Waals surface area contributed by atoms with E-state index in [1.165, 1.54) is 33.9 Å². The van der Waals surface area contributed by atoms with E-state index in [0.29, 0.717) is 106 Å². The zero-order chi connectivity index (χ0) is 40.6. The van der Waals surface area contributed by atoms with Crippen LogP contribution in [0.5, 0.6) is 0 Å². The van der Waals surface area contributed by atoms with Crippen LogP contribution in [0.15, 0.2) is 84.6 Å². The molecular formula is C47H63N2O8+. The monoisotopic (exact) mass is 783 g/mol. The van der Waals surface area contributed by atoms with Crippen LogP contribution in [0.2, 0.25) is 0 Å². The summed E-state index contributed by atoms with van der Waals surface area (Å²) in [6, 6.07) is 17.3. The lowest BCUT2D eigenvalue weighted by Gasteiger charge is -2.27. The summed E-state index contributed by atoms with van der Waals surface area (Å²) in [6.07, 6.45) is 21.2. The van der Waals surface area contributed by atoms with Gasteiger partial charge in [0, 0.05) is 41.1 Å². The first-order valence-electron chi connectivity index (χ1n) is 20.0. The molecule has 0 aromatic heterocycles. The molecule has 2 aromatic carbocycles. The van der Waals surface area contributed by atoms with Gasteiger partial charge in [0.15, 0.2) is 12.3 Å². The van der Waals surface area contributed by atoms with Gasteiger partial charge >= 0.3 is 0 Å². The molecule has 0 aliphatic carbocycles. The molecule has 10 heteroatoms. The minimum Gasteiger partial charge on any atom is -0.377 e. The smallest absolute Gasteiger partial charge is 0.209 e. The van der Waals surface area contributed by atoms with Gasteiger partial charge in [-0.2, -0.15) is 4.58 Å². The van der Waals surface area contributed by atoms with Crippen LogP contribution in [0.1, 0.15) is 38.8 Å². The van der Waals surface area contributed by atoms with E-state index in [2.05, 4.69) is 128 Å². The molecule has 2 aliphatic heterocycles. The molecule has 0 unspecified atom stereocenters. The van der Waals surface area contributed by atoms with Crippen molar-refractivity contribution in [2.45, 2.75) is 38.5 Å². The summed E-state index contributed by atoms with van der Waals surface area (Å²) in [7, 11) is 0. The van der Waals surface area contributed by atoms with Gasteiger partial charge < -0.3 is 42.8 Å². The van der Waals surface area contributed by atoms with Crippen LogP contribution in [-0.4, -0.2) is 129 Å². The third-order valence-corrected chi connectivity index (χ3v) is 9.85. The number of anilines is 1. The second-order valence-electron chi connectivity index (χ2n) is 14.5. The molecule has 57 heavy (non-hydrogen) atoms. The summed E-state index contributed by atoms with van der Waals surface area (Å²) in [6.45, 7) is 18.5. The van der Waals surface area contributed by atoms with Crippen molar-refractivity contribution in [2.75, 3.05) is 124 Å². The summed E-state index contributed by atoms with van der Waals surface area (Å²) >= 11 is 0. The molecule has 2 aromatic rings. The Hall–Kier alpha value is -4.07. The van der Waals surface area contributed by atoms with Gasteiger partial charge in [-0.15, -0.1) is 12.8 Å². The Morgan fingerprint density at radius 2 is 1.05 bits per heavy atom. The zero-order valence-electron chi connectivity index (χ0n) is 34.5. The van der Waals surface area contributed by atoms with E-state index in [0.717, 1.165) is 13.1 Å². The molecule has 0 saturated carbocycles. The number of ether oxygens (including phenoxy) is 8. The average molecular weight is 784 g/mol. The normalized spacial score (nSPS) is 16.2. The number of fused-ring (bicyclic) bond motifs is 2. The van der Waals surface area contributed by atoms with E-state index >= 15 is 0 Å². The summed E-state index contributed by atoms with van der Waals surface area (Å²) in [5, 5.41) is 0. The van der Waals surface area contributed by atoms with Crippen molar-refractivity contribution in [3.8, 4) is 24.7 Å².